The number of aliphatic carboxylic acids is 1. The number of hydrogen-bond donors (Lipinski definition) is 2. The molecule has 1 rings (SSSR count). The summed E-state index contributed by atoms with van der Waals surface area (Å²) < 4.78 is 35.8. The first-order valence-corrected chi connectivity index (χ1v) is 4.68. The Labute approximate surface area is 99.7 Å². The fourth-order valence-corrected chi connectivity index (χ4v) is 1.05. The maximum atomic E-state index is 11.9. The van der Waals surface area contributed by atoms with E-state index >= 15 is 0 Å². The number of alkyl halides is 3. The molecule has 0 aliphatic heterocycles. The van der Waals surface area contributed by atoms with E-state index in [0.29, 0.717) is 5.56 Å². The molecule has 0 unspecified atom stereocenters. The van der Waals surface area contributed by atoms with Crippen LogP contribution in [0.3, 0.4) is 0 Å². The van der Waals surface area contributed by atoms with Crippen molar-refractivity contribution in [3.8, 4) is 0 Å². The summed E-state index contributed by atoms with van der Waals surface area (Å²) in [5, 5.41) is 10.0. The van der Waals surface area contributed by atoms with E-state index in [0.717, 1.165) is 6.08 Å². The van der Waals surface area contributed by atoms with Gasteiger partial charge in [0.25, 0.3) is 0 Å². The summed E-state index contributed by atoms with van der Waals surface area (Å²) in [4.78, 5) is 20.8. The predicted octanol–water partition coefficient (Wildman–Crippen LogP) is 2.29. The number of carboxylic acid groups (broad SMARTS) is 1. The fraction of sp³-hybridized carbons (Fsp3) is 0.0909. The molecule has 0 saturated heterocycles. The number of hydrogen-bond acceptors (Lipinski definition) is 2. The molecule has 2 N–H and O–H groups in total. The third kappa shape index (κ3) is 4.28. The molecule has 0 saturated carbocycles. The molecule has 1 aromatic rings. The predicted molar refractivity (Wildman–Crippen MR) is 57.8 cm³/mol. The van der Waals surface area contributed by atoms with Crippen LogP contribution in [0.1, 0.15) is 5.56 Å². The Kier molecular flexibility index (Phi) is 4.09. The number of amides is 1. The quantitative estimate of drug-likeness (QED) is 0.818. The number of carboxylic acids is 1. The number of benzene rings is 1. The Morgan fingerprint density at radius 3 is 2.17 bits per heavy atom. The molecule has 96 valence electrons. The van der Waals surface area contributed by atoms with Gasteiger partial charge in [0.15, 0.2) is 0 Å². The summed E-state index contributed by atoms with van der Waals surface area (Å²) >= 11 is 0. The van der Waals surface area contributed by atoms with Crippen LogP contribution in [0.5, 0.6) is 0 Å². The van der Waals surface area contributed by atoms with Gasteiger partial charge in [0, 0.05) is 11.8 Å². The first kappa shape index (κ1) is 13.8. The van der Waals surface area contributed by atoms with Gasteiger partial charge >= 0.3 is 18.1 Å². The average Bonchev–Trinajstić information content (AvgIpc) is 2.26. The minimum atomic E-state index is -4.94. The van der Waals surface area contributed by atoms with Crippen LogP contribution in [0.2, 0.25) is 0 Å². The zero-order valence-corrected chi connectivity index (χ0v) is 8.86. The molecule has 18 heavy (non-hydrogen) atoms. The van der Waals surface area contributed by atoms with Crippen LogP contribution in [0.15, 0.2) is 30.3 Å². The molecule has 4 nitrogen and oxygen atoms in total. The van der Waals surface area contributed by atoms with E-state index in [2.05, 4.69) is 0 Å². The second kappa shape index (κ2) is 5.35. The van der Waals surface area contributed by atoms with Crippen molar-refractivity contribution in [3.63, 3.8) is 0 Å². The van der Waals surface area contributed by atoms with Crippen molar-refractivity contribution in [2.45, 2.75) is 6.18 Å². The lowest BCUT2D eigenvalue weighted by Crippen LogP contribution is -2.29. The van der Waals surface area contributed by atoms with Crippen LogP contribution in [-0.2, 0) is 9.59 Å². The Balaban J connectivity index is 2.72. The molecule has 0 aliphatic carbocycles. The van der Waals surface area contributed by atoms with Crippen molar-refractivity contribution >= 4 is 23.6 Å². The monoisotopic (exact) mass is 259 g/mol. The second-order valence-corrected chi connectivity index (χ2v) is 3.25. The zero-order valence-electron chi connectivity index (χ0n) is 8.86. The molecule has 0 fully saturated rings. The third-order valence-corrected chi connectivity index (χ3v) is 1.84. The number of halogens is 3. The molecular formula is C11H8F3NO3. The van der Waals surface area contributed by atoms with Crippen LogP contribution >= 0.6 is 0 Å². The van der Waals surface area contributed by atoms with E-state index in [1.165, 1.54) is 30.3 Å². The summed E-state index contributed by atoms with van der Waals surface area (Å²) in [6, 6.07) is 5.24. The highest BCUT2D eigenvalue weighted by molar-refractivity contribution is 5.95. The summed E-state index contributed by atoms with van der Waals surface area (Å²) in [6.07, 6.45) is -2.77. The van der Waals surface area contributed by atoms with Crippen molar-refractivity contribution in [1.29, 1.82) is 0 Å². The van der Waals surface area contributed by atoms with Gasteiger partial charge in [0.2, 0.25) is 0 Å². The SMILES string of the molecule is O=C(O)C=Cc1ccc(NC(=O)C(F)(F)F)cc1. The molecule has 0 heterocycles. The average molecular weight is 259 g/mol. The summed E-state index contributed by atoms with van der Waals surface area (Å²) in [6.45, 7) is 0. The van der Waals surface area contributed by atoms with E-state index in [4.69, 9.17) is 5.11 Å². The molecule has 0 spiro atoms. The number of anilines is 1. The molecule has 0 bridgehead atoms. The van der Waals surface area contributed by atoms with Crippen LogP contribution in [0.4, 0.5) is 18.9 Å². The van der Waals surface area contributed by atoms with Crippen molar-refractivity contribution in [3.05, 3.63) is 35.9 Å². The van der Waals surface area contributed by atoms with E-state index in [1.54, 1.807) is 5.32 Å². The van der Waals surface area contributed by atoms with Crippen LogP contribution < -0.4 is 5.32 Å². The van der Waals surface area contributed by atoms with Crippen molar-refractivity contribution < 1.29 is 27.9 Å². The zero-order chi connectivity index (χ0) is 13.8. The van der Waals surface area contributed by atoms with Crippen LogP contribution in [0, 0.1) is 0 Å². The lowest BCUT2D eigenvalue weighted by molar-refractivity contribution is -0.167. The van der Waals surface area contributed by atoms with E-state index in [-0.39, 0.29) is 5.69 Å². The van der Waals surface area contributed by atoms with Gasteiger partial charge in [-0.05, 0) is 23.8 Å². The maximum Gasteiger partial charge on any atom is 0.471 e. The van der Waals surface area contributed by atoms with E-state index in [9.17, 15) is 22.8 Å². The number of nitrogens with one attached hydrogen (secondary N) is 1. The van der Waals surface area contributed by atoms with Crippen molar-refractivity contribution in [2.75, 3.05) is 5.32 Å². The molecule has 7 heteroatoms. The Hall–Kier alpha value is -2.31. The van der Waals surface area contributed by atoms with Gasteiger partial charge in [-0.2, -0.15) is 13.2 Å². The van der Waals surface area contributed by atoms with E-state index < -0.39 is 18.1 Å². The first-order chi connectivity index (χ1) is 8.29. The van der Waals surface area contributed by atoms with Gasteiger partial charge in [0.05, 0.1) is 0 Å². The largest absolute Gasteiger partial charge is 0.478 e. The van der Waals surface area contributed by atoms with Gasteiger partial charge in [0.1, 0.15) is 0 Å². The standard InChI is InChI=1S/C11H8F3NO3/c12-11(13,14)10(18)15-8-4-1-7(2-5-8)3-6-9(16)17/h1-6H,(H,15,18)(H,16,17). The van der Waals surface area contributed by atoms with Crippen LogP contribution in [0.25, 0.3) is 6.08 Å². The van der Waals surface area contributed by atoms with Gasteiger partial charge in [-0.1, -0.05) is 12.1 Å². The Morgan fingerprint density at radius 2 is 1.72 bits per heavy atom. The second-order valence-electron chi connectivity index (χ2n) is 3.25. The van der Waals surface area contributed by atoms with Gasteiger partial charge in [-0.3, -0.25) is 4.79 Å². The fourth-order valence-electron chi connectivity index (χ4n) is 1.05. The lowest BCUT2D eigenvalue weighted by atomic mass is 10.2. The smallest absolute Gasteiger partial charge is 0.471 e. The van der Waals surface area contributed by atoms with Crippen LogP contribution in [-0.4, -0.2) is 23.2 Å². The summed E-state index contributed by atoms with van der Waals surface area (Å²) in [5.41, 5.74) is 0.465. The maximum absolute atomic E-state index is 11.9. The van der Waals surface area contributed by atoms with Gasteiger partial charge in [-0.15, -0.1) is 0 Å². The minimum Gasteiger partial charge on any atom is -0.478 e. The highest BCUT2D eigenvalue weighted by Crippen LogP contribution is 2.18. The molecule has 0 aliphatic rings. The number of rotatable bonds is 3. The van der Waals surface area contributed by atoms with Gasteiger partial charge < -0.3 is 10.4 Å². The summed E-state index contributed by atoms with van der Waals surface area (Å²) in [7, 11) is 0. The molecule has 0 aromatic heterocycles. The lowest BCUT2D eigenvalue weighted by Gasteiger charge is -2.07. The Bertz CT molecular complexity index is 477. The first-order valence-electron chi connectivity index (χ1n) is 4.68. The molecule has 1 amide bonds. The molecule has 0 radical (unpaired) electrons. The number of carbonyl (C=O) groups is 2. The number of carbonyl (C=O) groups excluding carboxylic acids is 1. The Morgan fingerprint density at radius 1 is 1.17 bits per heavy atom. The third-order valence-electron chi connectivity index (χ3n) is 1.84. The van der Waals surface area contributed by atoms with Crippen molar-refractivity contribution in [2.24, 2.45) is 0 Å². The molecular weight excluding hydrogens is 251 g/mol. The normalized spacial score (nSPS) is 11.5. The summed E-state index contributed by atoms with van der Waals surface area (Å²) in [5.74, 6) is -3.19. The molecule has 0 atom stereocenters. The van der Waals surface area contributed by atoms with Crippen molar-refractivity contribution in [1.82, 2.24) is 0 Å². The van der Waals surface area contributed by atoms with E-state index in [1.807, 2.05) is 0 Å². The highest BCUT2D eigenvalue weighted by Gasteiger charge is 2.38. The van der Waals surface area contributed by atoms with Gasteiger partial charge in [-0.25, -0.2) is 4.79 Å². The minimum absolute atomic E-state index is 0.0233. The topological polar surface area (TPSA) is 66.4 Å². The molecule has 1 aromatic carbocycles. The highest BCUT2D eigenvalue weighted by atomic mass is 19.4.